The molecular weight excluding hydrogens is 404 g/mol. The van der Waals surface area contributed by atoms with Gasteiger partial charge in [-0.05, 0) is 42.3 Å². The SMILES string of the molecule is C[C@@H](NC(=O)N(C)Cc1ccc(N2CCOCC2)cc1)c1ccc(S(N)(=O)=O)cc1. The molecule has 1 heterocycles. The summed E-state index contributed by atoms with van der Waals surface area (Å²) in [5.41, 5.74) is 2.99. The Morgan fingerprint density at radius 2 is 1.73 bits per heavy atom. The number of carbonyl (C=O) groups excluding carboxylic acids is 1. The van der Waals surface area contributed by atoms with Gasteiger partial charge < -0.3 is 19.9 Å². The summed E-state index contributed by atoms with van der Waals surface area (Å²) >= 11 is 0. The van der Waals surface area contributed by atoms with Crippen LogP contribution in [0.4, 0.5) is 10.5 Å². The van der Waals surface area contributed by atoms with Gasteiger partial charge in [-0.15, -0.1) is 0 Å². The van der Waals surface area contributed by atoms with E-state index in [2.05, 4.69) is 22.3 Å². The standard InChI is InChI=1S/C21H28N4O4S/c1-16(18-5-9-20(10-6-18)30(22,27)28)23-21(26)24(2)15-17-3-7-19(8-4-17)25-11-13-29-14-12-25/h3-10,16H,11-15H2,1-2H3,(H,23,26)(H2,22,27,28)/t16-/m1/s1. The monoisotopic (exact) mass is 432 g/mol. The van der Waals surface area contributed by atoms with Crippen LogP contribution in [0.25, 0.3) is 0 Å². The van der Waals surface area contributed by atoms with Gasteiger partial charge in [-0.25, -0.2) is 18.4 Å². The van der Waals surface area contributed by atoms with Gasteiger partial charge in [0.1, 0.15) is 0 Å². The molecule has 2 amide bonds. The lowest BCUT2D eigenvalue weighted by molar-refractivity contribution is 0.122. The first-order chi connectivity index (χ1) is 14.2. The van der Waals surface area contributed by atoms with E-state index in [1.807, 2.05) is 19.1 Å². The minimum atomic E-state index is -3.73. The molecule has 162 valence electrons. The van der Waals surface area contributed by atoms with Crippen LogP contribution in [-0.4, -0.2) is 52.7 Å². The number of hydrogen-bond donors (Lipinski definition) is 2. The lowest BCUT2D eigenvalue weighted by Gasteiger charge is -2.29. The topological polar surface area (TPSA) is 105 Å². The Morgan fingerprint density at radius 1 is 1.13 bits per heavy atom. The lowest BCUT2D eigenvalue weighted by atomic mass is 10.1. The maximum Gasteiger partial charge on any atom is 0.317 e. The molecule has 30 heavy (non-hydrogen) atoms. The number of benzene rings is 2. The fourth-order valence-corrected chi connectivity index (χ4v) is 3.82. The minimum Gasteiger partial charge on any atom is -0.378 e. The number of nitrogens with zero attached hydrogens (tertiary/aromatic N) is 2. The van der Waals surface area contributed by atoms with Gasteiger partial charge in [0.2, 0.25) is 10.0 Å². The van der Waals surface area contributed by atoms with Crippen LogP contribution < -0.4 is 15.4 Å². The number of amides is 2. The van der Waals surface area contributed by atoms with Crippen LogP contribution in [0.3, 0.4) is 0 Å². The van der Waals surface area contributed by atoms with Crippen molar-refractivity contribution in [3.8, 4) is 0 Å². The number of hydrogen-bond acceptors (Lipinski definition) is 5. The summed E-state index contributed by atoms with van der Waals surface area (Å²) in [6.45, 7) is 5.58. The van der Waals surface area contributed by atoms with Crippen molar-refractivity contribution in [1.29, 1.82) is 0 Å². The zero-order chi connectivity index (χ0) is 21.7. The van der Waals surface area contributed by atoms with E-state index >= 15 is 0 Å². The highest BCUT2D eigenvalue weighted by molar-refractivity contribution is 7.89. The Morgan fingerprint density at radius 3 is 2.30 bits per heavy atom. The maximum atomic E-state index is 12.5. The van der Waals surface area contributed by atoms with Gasteiger partial charge in [-0.1, -0.05) is 24.3 Å². The number of nitrogens with two attached hydrogens (primary N) is 1. The second kappa shape index (κ2) is 9.46. The minimum absolute atomic E-state index is 0.0439. The third kappa shape index (κ3) is 5.71. The first-order valence-corrected chi connectivity index (χ1v) is 11.3. The van der Waals surface area contributed by atoms with Gasteiger partial charge in [0, 0.05) is 32.4 Å². The molecule has 1 atom stereocenters. The van der Waals surface area contributed by atoms with E-state index in [0.717, 1.165) is 43.1 Å². The average molecular weight is 433 g/mol. The number of carbonyl (C=O) groups is 1. The van der Waals surface area contributed by atoms with Crippen LogP contribution in [0.2, 0.25) is 0 Å². The predicted octanol–water partition coefficient (Wildman–Crippen LogP) is 2.07. The molecular formula is C21H28N4O4S. The summed E-state index contributed by atoms with van der Waals surface area (Å²) in [7, 11) is -1.99. The van der Waals surface area contributed by atoms with Gasteiger partial charge >= 0.3 is 6.03 Å². The number of rotatable bonds is 6. The molecule has 2 aromatic carbocycles. The third-order valence-corrected chi connectivity index (χ3v) is 6.06. The van der Waals surface area contributed by atoms with E-state index in [1.165, 1.54) is 12.1 Å². The number of nitrogens with one attached hydrogen (secondary N) is 1. The van der Waals surface area contributed by atoms with Crippen LogP contribution in [0.15, 0.2) is 53.4 Å². The van der Waals surface area contributed by atoms with E-state index in [0.29, 0.717) is 6.54 Å². The summed E-state index contributed by atoms with van der Waals surface area (Å²) in [4.78, 5) is 16.5. The summed E-state index contributed by atoms with van der Waals surface area (Å²) in [6.07, 6.45) is 0. The normalized spacial score (nSPS) is 15.5. The van der Waals surface area contributed by atoms with Gasteiger partial charge in [0.05, 0.1) is 24.2 Å². The zero-order valence-electron chi connectivity index (χ0n) is 17.2. The molecule has 1 fully saturated rings. The lowest BCUT2D eigenvalue weighted by Crippen LogP contribution is -2.38. The van der Waals surface area contributed by atoms with E-state index in [1.54, 1.807) is 24.1 Å². The zero-order valence-corrected chi connectivity index (χ0v) is 18.1. The molecule has 0 spiro atoms. The van der Waals surface area contributed by atoms with E-state index in [-0.39, 0.29) is 17.0 Å². The Hall–Kier alpha value is -2.62. The largest absolute Gasteiger partial charge is 0.378 e. The molecule has 0 unspecified atom stereocenters. The molecule has 0 bridgehead atoms. The van der Waals surface area contributed by atoms with Gasteiger partial charge in [-0.2, -0.15) is 0 Å². The smallest absolute Gasteiger partial charge is 0.317 e. The van der Waals surface area contributed by atoms with Crippen molar-refractivity contribution in [3.63, 3.8) is 0 Å². The van der Waals surface area contributed by atoms with Crippen molar-refractivity contribution in [3.05, 3.63) is 59.7 Å². The molecule has 1 aliphatic heterocycles. The van der Waals surface area contributed by atoms with Crippen LogP contribution >= 0.6 is 0 Å². The molecule has 3 rings (SSSR count). The Labute approximate surface area is 177 Å². The Kier molecular flexibility index (Phi) is 6.96. The van der Waals surface area contributed by atoms with Gasteiger partial charge in [0.15, 0.2) is 0 Å². The average Bonchev–Trinajstić information content (AvgIpc) is 2.74. The number of sulfonamides is 1. The van der Waals surface area contributed by atoms with Crippen molar-refractivity contribution >= 4 is 21.7 Å². The van der Waals surface area contributed by atoms with Crippen molar-refractivity contribution in [1.82, 2.24) is 10.2 Å². The first kappa shape index (κ1) is 22.1. The van der Waals surface area contributed by atoms with Crippen LogP contribution in [0.5, 0.6) is 0 Å². The molecule has 0 saturated carbocycles. The molecule has 3 N–H and O–H groups in total. The highest BCUT2D eigenvalue weighted by Gasteiger charge is 2.16. The second-order valence-corrected chi connectivity index (χ2v) is 8.97. The van der Waals surface area contributed by atoms with Crippen molar-refractivity contribution < 1.29 is 17.9 Å². The number of primary sulfonamides is 1. The quantitative estimate of drug-likeness (QED) is 0.727. The molecule has 1 aliphatic rings. The van der Waals surface area contributed by atoms with Crippen molar-refractivity contribution in [2.24, 2.45) is 5.14 Å². The van der Waals surface area contributed by atoms with Gasteiger partial charge in [0.25, 0.3) is 0 Å². The van der Waals surface area contributed by atoms with E-state index < -0.39 is 10.0 Å². The predicted molar refractivity (Wildman–Crippen MR) is 116 cm³/mol. The first-order valence-electron chi connectivity index (χ1n) is 9.80. The van der Waals surface area contributed by atoms with E-state index in [9.17, 15) is 13.2 Å². The number of ether oxygens (including phenoxy) is 1. The number of anilines is 1. The molecule has 0 aromatic heterocycles. The van der Waals surface area contributed by atoms with E-state index in [4.69, 9.17) is 9.88 Å². The van der Waals surface area contributed by atoms with Crippen LogP contribution in [0.1, 0.15) is 24.1 Å². The number of urea groups is 1. The van der Waals surface area contributed by atoms with Crippen LogP contribution in [0, 0.1) is 0 Å². The summed E-state index contributed by atoms with van der Waals surface area (Å²) < 4.78 is 28.1. The third-order valence-electron chi connectivity index (χ3n) is 5.13. The highest BCUT2D eigenvalue weighted by Crippen LogP contribution is 2.18. The molecule has 0 radical (unpaired) electrons. The molecule has 2 aromatic rings. The van der Waals surface area contributed by atoms with Crippen molar-refractivity contribution in [2.75, 3.05) is 38.3 Å². The summed E-state index contributed by atoms with van der Waals surface area (Å²) in [5.74, 6) is 0. The highest BCUT2D eigenvalue weighted by atomic mass is 32.2. The fourth-order valence-electron chi connectivity index (χ4n) is 3.30. The van der Waals surface area contributed by atoms with Crippen molar-refractivity contribution in [2.45, 2.75) is 24.4 Å². The molecule has 0 aliphatic carbocycles. The molecule has 8 nitrogen and oxygen atoms in total. The van der Waals surface area contributed by atoms with Crippen LogP contribution in [-0.2, 0) is 21.3 Å². The summed E-state index contributed by atoms with van der Waals surface area (Å²) in [6, 6.07) is 13.9. The fraction of sp³-hybridized carbons (Fsp3) is 0.381. The summed E-state index contributed by atoms with van der Waals surface area (Å²) in [5, 5.41) is 8.04. The molecule has 9 heteroatoms. The maximum absolute atomic E-state index is 12.5. The second-order valence-electron chi connectivity index (χ2n) is 7.41. The number of morpholine rings is 1. The Balaban J connectivity index is 1.55. The molecule has 1 saturated heterocycles. The van der Waals surface area contributed by atoms with Gasteiger partial charge in [-0.3, -0.25) is 0 Å². The Bertz CT molecular complexity index is 956.